The number of fused-ring (bicyclic) bond motifs is 1. The van der Waals surface area contributed by atoms with E-state index in [4.69, 9.17) is 17.2 Å². The second-order valence-corrected chi connectivity index (χ2v) is 11.9. The number of para-hydroxylation sites is 1. The van der Waals surface area contributed by atoms with E-state index in [0.717, 1.165) is 10.9 Å². The molecule has 0 bridgehead atoms. The predicted octanol–water partition coefficient (Wildman–Crippen LogP) is 0.527. The molecule has 0 unspecified atom stereocenters. The maximum Gasteiger partial charge on any atom is 0.326 e. The van der Waals surface area contributed by atoms with Crippen LogP contribution in [0.2, 0.25) is 0 Å². The van der Waals surface area contributed by atoms with E-state index in [0.29, 0.717) is 23.1 Å². The number of nitrogens with zero attached hydrogens (tertiary/aromatic N) is 1. The number of amides is 3. The molecule has 15 nitrogen and oxygen atoms in total. The third kappa shape index (κ3) is 10.7. The number of benzene rings is 3. The molecule has 4 aromatic rings. The number of hydrogen-bond donors (Lipinski definition) is 10. The van der Waals surface area contributed by atoms with Crippen LogP contribution in [0.3, 0.4) is 0 Å². The zero-order valence-electron chi connectivity index (χ0n) is 27.2. The molecule has 0 saturated heterocycles. The zero-order chi connectivity index (χ0) is 36.2. The summed E-state index contributed by atoms with van der Waals surface area (Å²) in [5, 5.41) is 38.3. The molecule has 13 N–H and O–H groups in total. The second-order valence-electron chi connectivity index (χ2n) is 11.9. The Morgan fingerprint density at radius 2 is 1.24 bits per heavy atom. The summed E-state index contributed by atoms with van der Waals surface area (Å²) < 4.78 is 0. The van der Waals surface area contributed by atoms with Crippen LogP contribution < -0.4 is 33.2 Å². The number of aromatic amines is 1. The van der Waals surface area contributed by atoms with Crippen LogP contribution in [0.25, 0.3) is 10.9 Å². The van der Waals surface area contributed by atoms with Gasteiger partial charge in [-0.1, -0.05) is 42.5 Å². The van der Waals surface area contributed by atoms with Gasteiger partial charge in [0.15, 0.2) is 5.96 Å². The van der Waals surface area contributed by atoms with Crippen LogP contribution >= 0.6 is 0 Å². The summed E-state index contributed by atoms with van der Waals surface area (Å²) in [5.41, 5.74) is 19.4. The molecule has 0 fully saturated rings. The lowest BCUT2D eigenvalue weighted by Crippen LogP contribution is -2.58. The van der Waals surface area contributed by atoms with Crippen LogP contribution in [0.15, 0.2) is 84.0 Å². The van der Waals surface area contributed by atoms with Crippen molar-refractivity contribution < 1.29 is 34.5 Å². The molecule has 0 radical (unpaired) electrons. The number of carboxylic acids is 1. The van der Waals surface area contributed by atoms with Gasteiger partial charge in [-0.25, -0.2) is 4.79 Å². The van der Waals surface area contributed by atoms with Crippen molar-refractivity contribution in [2.75, 3.05) is 6.54 Å². The fraction of sp³-hybridized carbons (Fsp3) is 0.286. The van der Waals surface area contributed by atoms with Gasteiger partial charge in [-0.15, -0.1) is 0 Å². The first-order valence-corrected chi connectivity index (χ1v) is 15.9. The van der Waals surface area contributed by atoms with Gasteiger partial charge in [0.05, 0.1) is 6.04 Å². The molecular formula is C35H42N8O7. The Hall–Kier alpha value is -6.09. The van der Waals surface area contributed by atoms with Gasteiger partial charge in [0.25, 0.3) is 0 Å². The molecule has 4 rings (SSSR count). The van der Waals surface area contributed by atoms with Gasteiger partial charge in [-0.2, -0.15) is 0 Å². The first-order chi connectivity index (χ1) is 23.9. The zero-order valence-corrected chi connectivity index (χ0v) is 27.2. The lowest BCUT2D eigenvalue weighted by atomic mass is 10.0. The third-order valence-electron chi connectivity index (χ3n) is 8.04. The molecule has 15 heteroatoms. The summed E-state index contributed by atoms with van der Waals surface area (Å²) in [4.78, 5) is 60.1. The predicted molar refractivity (Wildman–Crippen MR) is 187 cm³/mol. The summed E-state index contributed by atoms with van der Waals surface area (Å²) in [5.74, 6) is -3.50. The maximum atomic E-state index is 13.9. The molecule has 0 aliphatic carbocycles. The van der Waals surface area contributed by atoms with Gasteiger partial charge in [0.1, 0.15) is 29.6 Å². The second kappa shape index (κ2) is 17.3. The number of aromatic nitrogens is 1. The fourth-order valence-electron chi connectivity index (χ4n) is 5.35. The highest BCUT2D eigenvalue weighted by molar-refractivity contribution is 5.94. The van der Waals surface area contributed by atoms with Crippen molar-refractivity contribution in [3.8, 4) is 11.5 Å². The summed E-state index contributed by atoms with van der Waals surface area (Å²) in [6.45, 7) is 0.256. The number of aliphatic imine (C=N–C) groups is 1. The Bertz CT molecular complexity index is 1800. The number of hydrogen-bond acceptors (Lipinski definition) is 8. The van der Waals surface area contributed by atoms with E-state index >= 15 is 0 Å². The number of carbonyl (C=O) groups is 4. The van der Waals surface area contributed by atoms with E-state index < -0.39 is 47.9 Å². The number of nitrogens with one attached hydrogen (secondary N) is 4. The number of phenols is 2. The quantitative estimate of drug-likeness (QED) is 0.0418. The van der Waals surface area contributed by atoms with Gasteiger partial charge in [-0.05, 0) is 59.9 Å². The van der Waals surface area contributed by atoms with Crippen molar-refractivity contribution in [2.45, 2.75) is 56.3 Å². The fourth-order valence-corrected chi connectivity index (χ4v) is 5.35. The monoisotopic (exact) mass is 686 g/mol. The first-order valence-electron chi connectivity index (χ1n) is 15.9. The maximum absolute atomic E-state index is 13.9. The molecule has 1 aromatic heterocycles. The summed E-state index contributed by atoms with van der Waals surface area (Å²) in [6.07, 6.45) is 2.18. The minimum Gasteiger partial charge on any atom is -0.508 e. The number of carboxylic acid groups (broad SMARTS) is 1. The van der Waals surface area contributed by atoms with Gasteiger partial charge in [0.2, 0.25) is 17.7 Å². The Balaban J connectivity index is 1.55. The van der Waals surface area contributed by atoms with E-state index in [1.54, 1.807) is 30.5 Å². The smallest absolute Gasteiger partial charge is 0.326 e. The average Bonchev–Trinajstić information content (AvgIpc) is 3.49. The Kier molecular flexibility index (Phi) is 12.7. The van der Waals surface area contributed by atoms with Crippen LogP contribution in [0, 0.1) is 0 Å². The van der Waals surface area contributed by atoms with Crippen LogP contribution in [0.4, 0.5) is 0 Å². The molecule has 0 aliphatic heterocycles. The molecule has 3 aromatic carbocycles. The third-order valence-corrected chi connectivity index (χ3v) is 8.04. The first kappa shape index (κ1) is 36.7. The van der Waals surface area contributed by atoms with E-state index in [-0.39, 0.29) is 49.7 Å². The van der Waals surface area contributed by atoms with Crippen molar-refractivity contribution in [3.63, 3.8) is 0 Å². The highest BCUT2D eigenvalue weighted by Crippen LogP contribution is 2.20. The van der Waals surface area contributed by atoms with E-state index in [2.05, 4.69) is 25.9 Å². The van der Waals surface area contributed by atoms with Crippen LogP contribution in [-0.2, 0) is 38.4 Å². The number of carbonyl (C=O) groups excluding carboxylic acids is 3. The molecular weight excluding hydrogens is 644 g/mol. The van der Waals surface area contributed by atoms with Gasteiger partial charge in [0, 0.05) is 42.9 Å². The molecule has 0 saturated carbocycles. The normalized spacial score (nSPS) is 13.4. The highest BCUT2D eigenvalue weighted by atomic mass is 16.4. The molecule has 264 valence electrons. The van der Waals surface area contributed by atoms with Crippen molar-refractivity contribution >= 4 is 40.6 Å². The molecule has 50 heavy (non-hydrogen) atoms. The molecule has 1 heterocycles. The summed E-state index contributed by atoms with van der Waals surface area (Å²) >= 11 is 0. The van der Waals surface area contributed by atoms with Crippen molar-refractivity contribution in [1.29, 1.82) is 0 Å². The van der Waals surface area contributed by atoms with Gasteiger partial charge >= 0.3 is 5.97 Å². The molecule has 0 aliphatic rings. The van der Waals surface area contributed by atoms with Crippen molar-refractivity contribution in [1.82, 2.24) is 20.9 Å². The number of phenolic OH excluding ortho intramolecular Hbond substituents is 2. The number of aromatic hydroxyl groups is 2. The summed E-state index contributed by atoms with van der Waals surface area (Å²) in [7, 11) is 0. The van der Waals surface area contributed by atoms with Gasteiger partial charge < -0.3 is 53.5 Å². The average molecular weight is 687 g/mol. The lowest BCUT2D eigenvalue weighted by molar-refractivity contribution is -0.142. The van der Waals surface area contributed by atoms with Crippen molar-refractivity contribution in [2.24, 2.45) is 22.2 Å². The minimum atomic E-state index is -1.34. The van der Waals surface area contributed by atoms with E-state index in [1.807, 2.05) is 24.3 Å². The minimum absolute atomic E-state index is 0.00484. The van der Waals surface area contributed by atoms with E-state index in [9.17, 15) is 34.5 Å². The Morgan fingerprint density at radius 1 is 0.720 bits per heavy atom. The largest absolute Gasteiger partial charge is 0.508 e. The number of guanidine groups is 1. The SMILES string of the molecule is NC(N)=NCCC[C@H](N)C(=O)N[C@@H](Cc1ccc(O)cc1)C(=O)N[C@@H](Cc1ccc(O)cc1)C(=O)N[C@@H](Cc1c[nH]c2ccccc12)C(=O)O. The number of aliphatic carboxylic acids is 1. The van der Waals surface area contributed by atoms with Crippen molar-refractivity contribution in [3.05, 3.63) is 95.7 Å². The standard InChI is InChI=1S/C35H42N8O7/c36-26(5-3-15-39-35(37)38)31(46)41-28(16-20-7-11-23(44)12-8-20)32(47)42-29(17-21-9-13-24(45)14-10-21)33(48)43-30(34(49)50)18-22-19-40-27-6-2-1-4-25(22)27/h1-2,4,6-14,19,26,28-30,40,44-45H,3,5,15-18,36H2,(H,41,46)(H,42,47)(H,43,48)(H,49,50)(H4,37,38,39)/t26-,28-,29-,30-/m0/s1. The van der Waals surface area contributed by atoms with Gasteiger partial charge in [-0.3, -0.25) is 19.4 Å². The van der Waals surface area contributed by atoms with Crippen LogP contribution in [0.5, 0.6) is 11.5 Å². The molecule has 0 spiro atoms. The van der Waals surface area contributed by atoms with E-state index in [1.165, 1.54) is 24.3 Å². The highest BCUT2D eigenvalue weighted by Gasteiger charge is 2.31. The summed E-state index contributed by atoms with van der Waals surface area (Å²) in [6, 6.07) is 14.5. The van der Waals surface area contributed by atoms with Crippen LogP contribution in [-0.4, -0.2) is 80.7 Å². The topological polar surface area (TPSA) is 271 Å². The number of H-pyrrole nitrogens is 1. The Morgan fingerprint density at radius 3 is 1.78 bits per heavy atom. The van der Waals surface area contributed by atoms with Crippen LogP contribution in [0.1, 0.15) is 29.5 Å². The lowest BCUT2D eigenvalue weighted by Gasteiger charge is -2.25. The number of rotatable bonds is 17. The molecule has 4 atom stereocenters. The Labute approximate surface area is 288 Å². The molecule has 3 amide bonds. The number of nitrogens with two attached hydrogens (primary N) is 3.